The standard InChI is InChI=1S/C5H7BrO4/c1-3(6)5(9)10-2-4(7)8/h3H,2H2,1H3,(H,7,8). The summed E-state index contributed by atoms with van der Waals surface area (Å²) in [6, 6.07) is 0. The van der Waals surface area contributed by atoms with Crippen molar-refractivity contribution in [2.75, 3.05) is 6.61 Å². The van der Waals surface area contributed by atoms with Crippen LogP contribution >= 0.6 is 15.9 Å². The molecule has 4 nitrogen and oxygen atoms in total. The van der Waals surface area contributed by atoms with Crippen molar-refractivity contribution in [2.24, 2.45) is 0 Å². The molecule has 1 unspecified atom stereocenters. The number of carbonyl (C=O) groups is 2. The Bertz CT molecular complexity index is 143. The minimum absolute atomic E-state index is 0.452. The average molecular weight is 211 g/mol. The maximum atomic E-state index is 10.5. The van der Waals surface area contributed by atoms with E-state index in [1.54, 1.807) is 6.92 Å². The van der Waals surface area contributed by atoms with Crippen molar-refractivity contribution in [3.8, 4) is 0 Å². The predicted octanol–water partition coefficient (Wildman–Crippen LogP) is 0.398. The molecular formula is C5H7BrO4. The van der Waals surface area contributed by atoms with Crippen LogP contribution in [0, 0.1) is 0 Å². The van der Waals surface area contributed by atoms with Crippen molar-refractivity contribution in [1.29, 1.82) is 0 Å². The molecule has 0 amide bonds. The van der Waals surface area contributed by atoms with E-state index < -0.39 is 23.4 Å². The topological polar surface area (TPSA) is 63.6 Å². The van der Waals surface area contributed by atoms with E-state index in [4.69, 9.17) is 5.11 Å². The van der Waals surface area contributed by atoms with Gasteiger partial charge in [-0.3, -0.25) is 4.79 Å². The highest BCUT2D eigenvalue weighted by Crippen LogP contribution is 1.99. The molecule has 10 heavy (non-hydrogen) atoms. The van der Waals surface area contributed by atoms with Gasteiger partial charge in [-0.25, -0.2) is 4.79 Å². The zero-order valence-electron chi connectivity index (χ0n) is 5.33. The first-order valence-corrected chi connectivity index (χ1v) is 3.48. The zero-order chi connectivity index (χ0) is 8.15. The van der Waals surface area contributed by atoms with Gasteiger partial charge in [-0.15, -0.1) is 0 Å². The van der Waals surface area contributed by atoms with Gasteiger partial charge in [0, 0.05) is 0 Å². The quantitative estimate of drug-likeness (QED) is 0.542. The highest BCUT2D eigenvalue weighted by atomic mass is 79.9. The number of rotatable bonds is 3. The molecule has 0 aliphatic carbocycles. The summed E-state index contributed by atoms with van der Waals surface area (Å²) in [5, 5.41) is 8.05. The molecule has 0 aromatic rings. The molecule has 0 radical (unpaired) electrons. The Balaban J connectivity index is 3.50. The lowest BCUT2D eigenvalue weighted by Crippen LogP contribution is -2.18. The second kappa shape index (κ2) is 4.27. The Morgan fingerprint density at radius 1 is 1.70 bits per heavy atom. The van der Waals surface area contributed by atoms with Crippen LogP contribution in [0.3, 0.4) is 0 Å². The first kappa shape index (κ1) is 9.42. The van der Waals surface area contributed by atoms with Crippen molar-refractivity contribution in [2.45, 2.75) is 11.8 Å². The Hall–Kier alpha value is -0.580. The molecule has 0 rings (SSSR count). The molecule has 0 aliphatic rings. The van der Waals surface area contributed by atoms with Crippen LogP contribution < -0.4 is 0 Å². The van der Waals surface area contributed by atoms with Crippen LogP contribution in [0.25, 0.3) is 0 Å². The van der Waals surface area contributed by atoms with E-state index in [-0.39, 0.29) is 0 Å². The fraction of sp³-hybridized carbons (Fsp3) is 0.600. The number of carboxylic acid groups (broad SMARTS) is 1. The summed E-state index contributed by atoms with van der Waals surface area (Å²) < 4.78 is 4.28. The fourth-order valence-electron chi connectivity index (χ4n) is 0.248. The number of carboxylic acids is 1. The number of ether oxygens (including phenoxy) is 1. The molecule has 0 fully saturated rings. The molecule has 0 aromatic carbocycles. The van der Waals surface area contributed by atoms with Crippen LogP contribution in [0.4, 0.5) is 0 Å². The van der Waals surface area contributed by atoms with Crippen LogP contribution in [0.15, 0.2) is 0 Å². The van der Waals surface area contributed by atoms with E-state index in [9.17, 15) is 9.59 Å². The third-order valence-electron chi connectivity index (χ3n) is 0.663. The number of alkyl halides is 1. The van der Waals surface area contributed by atoms with Gasteiger partial charge in [0.1, 0.15) is 4.83 Å². The average Bonchev–Trinajstić information content (AvgIpc) is 1.82. The van der Waals surface area contributed by atoms with E-state index in [0.717, 1.165) is 0 Å². The Morgan fingerprint density at radius 3 is 2.50 bits per heavy atom. The minimum atomic E-state index is -1.15. The lowest BCUT2D eigenvalue weighted by Gasteiger charge is -2.01. The largest absolute Gasteiger partial charge is 0.479 e. The van der Waals surface area contributed by atoms with Gasteiger partial charge in [-0.2, -0.15) is 0 Å². The van der Waals surface area contributed by atoms with Crippen molar-refractivity contribution in [3.63, 3.8) is 0 Å². The Labute approximate surface area is 66.3 Å². The molecule has 1 atom stereocenters. The minimum Gasteiger partial charge on any atom is -0.479 e. The lowest BCUT2D eigenvalue weighted by molar-refractivity contribution is -0.154. The molecule has 0 bridgehead atoms. The van der Waals surface area contributed by atoms with E-state index in [1.165, 1.54) is 0 Å². The van der Waals surface area contributed by atoms with Gasteiger partial charge in [-0.1, -0.05) is 15.9 Å². The van der Waals surface area contributed by atoms with Crippen LogP contribution in [-0.2, 0) is 14.3 Å². The van der Waals surface area contributed by atoms with Gasteiger partial charge in [0.05, 0.1) is 0 Å². The summed E-state index contributed by atoms with van der Waals surface area (Å²) in [4.78, 5) is 19.9. The summed E-state index contributed by atoms with van der Waals surface area (Å²) in [5.41, 5.74) is 0. The molecule has 0 heterocycles. The van der Waals surface area contributed by atoms with Crippen LogP contribution in [-0.4, -0.2) is 28.5 Å². The number of hydrogen-bond acceptors (Lipinski definition) is 3. The first-order chi connectivity index (χ1) is 4.54. The van der Waals surface area contributed by atoms with Crippen LogP contribution in [0.5, 0.6) is 0 Å². The van der Waals surface area contributed by atoms with Crippen LogP contribution in [0.1, 0.15) is 6.92 Å². The highest BCUT2D eigenvalue weighted by Gasteiger charge is 2.10. The van der Waals surface area contributed by atoms with E-state index in [0.29, 0.717) is 0 Å². The number of halogens is 1. The summed E-state index contributed by atoms with van der Waals surface area (Å²) in [6.07, 6.45) is 0. The third kappa shape index (κ3) is 4.31. The third-order valence-corrected chi connectivity index (χ3v) is 1.04. The van der Waals surface area contributed by atoms with E-state index >= 15 is 0 Å². The molecule has 0 saturated heterocycles. The maximum absolute atomic E-state index is 10.5. The smallest absolute Gasteiger partial charge is 0.341 e. The van der Waals surface area contributed by atoms with Gasteiger partial charge < -0.3 is 9.84 Å². The van der Waals surface area contributed by atoms with Gasteiger partial charge in [0.25, 0.3) is 0 Å². The van der Waals surface area contributed by atoms with Crippen molar-refractivity contribution in [1.82, 2.24) is 0 Å². The van der Waals surface area contributed by atoms with Gasteiger partial charge in [0.2, 0.25) is 0 Å². The molecule has 0 aliphatic heterocycles. The molecule has 1 N–H and O–H groups in total. The first-order valence-electron chi connectivity index (χ1n) is 2.56. The SMILES string of the molecule is CC(Br)C(=O)OCC(=O)O. The predicted molar refractivity (Wildman–Crippen MR) is 37.0 cm³/mol. The van der Waals surface area contributed by atoms with Gasteiger partial charge in [0.15, 0.2) is 6.61 Å². The van der Waals surface area contributed by atoms with Crippen molar-refractivity contribution >= 4 is 27.9 Å². The molecule has 58 valence electrons. The Morgan fingerprint density at radius 2 is 2.20 bits per heavy atom. The summed E-state index contributed by atoms with van der Waals surface area (Å²) >= 11 is 2.92. The van der Waals surface area contributed by atoms with E-state index in [2.05, 4.69) is 20.7 Å². The number of hydrogen-bond donors (Lipinski definition) is 1. The maximum Gasteiger partial charge on any atom is 0.341 e. The number of carbonyl (C=O) groups excluding carboxylic acids is 1. The number of aliphatic carboxylic acids is 1. The molecule has 0 aromatic heterocycles. The molecule has 5 heteroatoms. The second-order valence-corrected chi connectivity index (χ2v) is 2.99. The summed E-state index contributed by atoms with van der Waals surface area (Å²) in [7, 11) is 0. The molecular weight excluding hydrogens is 204 g/mol. The highest BCUT2D eigenvalue weighted by molar-refractivity contribution is 9.10. The van der Waals surface area contributed by atoms with Gasteiger partial charge >= 0.3 is 11.9 Å². The van der Waals surface area contributed by atoms with Crippen LogP contribution in [0.2, 0.25) is 0 Å². The van der Waals surface area contributed by atoms with E-state index in [1.807, 2.05) is 0 Å². The lowest BCUT2D eigenvalue weighted by atomic mass is 10.5. The normalized spacial score (nSPS) is 12.2. The summed E-state index contributed by atoms with van der Waals surface area (Å²) in [5.74, 6) is -1.72. The summed E-state index contributed by atoms with van der Waals surface area (Å²) in [6.45, 7) is 0.985. The van der Waals surface area contributed by atoms with Gasteiger partial charge in [-0.05, 0) is 6.92 Å². The monoisotopic (exact) mass is 210 g/mol. The van der Waals surface area contributed by atoms with Crippen molar-refractivity contribution < 1.29 is 19.4 Å². The molecule has 0 saturated carbocycles. The fourth-order valence-corrected chi connectivity index (χ4v) is 0.380. The Kier molecular flexibility index (Phi) is 4.02. The second-order valence-electron chi connectivity index (χ2n) is 1.62. The molecule has 0 spiro atoms. The number of esters is 1. The van der Waals surface area contributed by atoms with Crippen molar-refractivity contribution in [3.05, 3.63) is 0 Å². The zero-order valence-corrected chi connectivity index (χ0v) is 6.92.